The molecule has 2 nitrogen and oxygen atoms in total. The zero-order chi connectivity index (χ0) is 2.00. The molecule has 5 heteroatoms. The normalized spacial score (nSPS) is 0.667. The maximum absolute atomic E-state index is 5.50. The molecule has 0 fully saturated rings. The van der Waals surface area contributed by atoms with Crippen LogP contribution in [-0.4, -0.2) is 6.72 Å². The van der Waals surface area contributed by atoms with Crippen LogP contribution in [0.4, 0.5) is 0 Å². The van der Waals surface area contributed by atoms with Crippen LogP contribution in [0, 0.1) is 5.41 Å². The fraction of sp³-hybridized carbons (Fsp3) is 0. The summed E-state index contributed by atoms with van der Waals surface area (Å²) < 4.78 is 0. The minimum absolute atomic E-state index is 0. The first-order chi connectivity index (χ1) is 1.00. The summed E-state index contributed by atoms with van der Waals surface area (Å²) in [5, 5.41) is 5.50. The smallest absolute Gasteiger partial charge is 1.00 e. The van der Waals surface area contributed by atoms with Gasteiger partial charge in [-0.3, -0.25) is 0 Å². The van der Waals surface area contributed by atoms with Crippen LogP contribution < -0.4 is 31.0 Å². The van der Waals surface area contributed by atoms with Gasteiger partial charge in [-0.05, 0) is 6.72 Å². The summed E-state index contributed by atoms with van der Waals surface area (Å²) in [4.78, 5) is 0. The van der Waals surface area contributed by atoms with Crippen LogP contribution >= 0.6 is 0 Å². The zero-order valence-electron chi connectivity index (χ0n) is 2.99. The van der Waals surface area contributed by atoms with Crippen LogP contribution in [0.1, 0.15) is 0 Å². The van der Waals surface area contributed by atoms with Gasteiger partial charge in [0.05, 0.1) is 0 Å². The van der Waals surface area contributed by atoms with E-state index in [1.807, 2.05) is 0 Å². The van der Waals surface area contributed by atoms with Crippen molar-refractivity contribution in [1.29, 1.82) is 5.41 Å². The molecule has 4 N–H and O–H groups in total. The Kier molecular flexibility index (Phi) is 1950. The Morgan fingerprint density at radius 3 is 1.00 bits per heavy atom. The second-order valence-corrected chi connectivity index (χ2v) is 0. The molecule has 0 rings (SSSR count). The van der Waals surface area contributed by atoms with Crippen LogP contribution in [0.3, 0.4) is 0 Å². The molecule has 0 saturated carbocycles. The molecule has 0 amide bonds. The van der Waals surface area contributed by atoms with Gasteiger partial charge in [-0.25, -0.2) is 0 Å². The molecule has 0 radical (unpaired) electrons. The molecule has 0 heterocycles. The van der Waals surface area contributed by atoms with E-state index >= 15 is 0 Å². The van der Waals surface area contributed by atoms with Crippen molar-refractivity contribution >= 4 is 6.72 Å². The van der Waals surface area contributed by atoms with Crippen molar-refractivity contribution in [3.63, 3.8) is 0 Å². The SMILES string of the molecule is C=N.N.[Cl-].[Cl-].[Pt+2]. The third-order valence-corrected chi connectivity index (χ3v) is 0. The average Bonchev–Trinajstić information content (AvgIpc) is 1.00. The second-order valence-electron chi connectivity index (χ2n) is 0. The van der Waals surface area contributed by atoms with E-state index in [-0.39, 0.29) is 52.0 Å². The Bertz CT molecular complexity index is 11.5. The first kappa shape index (κ1) is 66.6. The molecule has 0 saturated heterocycles. The number of nitrogens with one attached hydrogen (secondary N) is 1. The Hall–Kier alpha value is 0.898. The molecule has 0 aromatic carbocycles. The van der Waals surface area contributed by atoms with Gasteiger partial charge in [-0.15, -0.1) is 0 Å². The topological polar surface area (TPSA) is 58.9 Å². The predicted octanol–water partition coefficient (Wildman–Crippen LogP) is -5.57. The minimum Gasteiger partial charge on any atom is -1.00 e. The molecule has 0 aromatic heterocycles. The van der Waals surface area contributed by atoms with E-state index in [2.05, 4.69) is 6.72 Å². The molecule has 6 heavy (non-hydrogen) atoms. The molecular formula is CH6Cl2N2Pt. The fourth-order valence-corrected chi connectivity index (χ4v) is 0. The largest absolute Gasteiger partial charge is 2.00 e. The summed E-state index contributed by atoms with van der Waals surface area (Å²) in [6.45, 7) is 2.50. The minimum atomic E-state index is 0. The monoisotopic (exact) mass is 311 g/mol. The number of rotatable bonds is 0. The summed E-state index contributed by atoms with van der Waals surface area (Å²) in [6, 6.07) is 0. The van der Waals surface area contributed by atoms with Crippen molar-refractivity contribution in [2.45, 2.75) is 0 Å². The van der Waals surface area contributed by atoms with Crippen molar-refractivity contribution < 1.29 is 45.9 Å². The fourth-order valence-electron chi connectivity index (χ4n) is 0. The van der Waals surface area contributed by atoms with Gasteiger partial charge in [-0.2, -0.15) is 0 Å². The number of hydrogen-bond donors (Lipinski definition) is 2. The van der Waals surface area contributed by atoms with Crippen molar-refractivity contribution in [3.8, 4) is 0 Å². The van der Waals surface area contributed by atoms with Gasteiger partial charge in [0, 0.05) is 0 Å². The van der Waals surface area contributed by atoms with Gasteiger partial charge in [0.1, 0.15) is 0 Å². The molecule has 0 aliphatic rings. The van der Waals surface area contributed by atoms with E-state index in [9.17, 15) is 0 Å². The van der Waals surface area contributed by atoms with E-state index in [1.165, 1.54) is 0 Å². The zero-order valence-corrected chi connectivity index (χ0v) is 6.77. The third kappa shape index (κ3) is 92.2. The molecule has 0 spiro atoms. The number of halogens is 2. The van der Waals surface area contributed by atoms with Gasteiger partial charge in [-0.1, -0.05) is 0 Å². The summed E-state index contributed by atoms with van der Waals surface area (Å²) >= 11 is 0. The van der Waals surface area contributed by atoms with E-state index < -0.39 is 0 Å². The van der Waals surface area contributed by atoms with Crippen molar-refractivity contribution in [2.24, 2.45) is 0 Å². The average molecular weight is 312 g/mol. The van der Waals surface area contributed by atoms with Gasteiger partial charge in [0.15, 0.2) is 0 Å². The van der Waals surface area contributed by atoms with Crippen LogP contribution in [0.15, 0.2) is 0 Å². The van der Waals surface area contributed by atoms with E-state index in [1.54, 1.807) is 0 Å². The molecule has 0 aromatic rings. The van der Waals surface area contributed by atoms with Crippen LogP contribution in [0.5, 0.6) is 0 Å². The second kappa shape index (κ2) is 175. The molecule has 0 unspecified atom stereocenters. The van der Waals surface area contributed by atoms with Crippen molar-refractivity contribution in [1.82, 2.24) is 6.15 Å². The molecule has 0 aliphatic heterocycles. The van der Waals surface area contributed by atoms with Gasteiger partial charge >= 0.3 is 21.1 Å². The first-order valence-corrected chi connectivity index (χ1v) is 0.354. The van der Waals surface area contributed by atoms with Gasteiger partial charge in [0.2, 0.25) is 0 Å². The summed E-state index contributed by atoms with van der Waals surface area (Å²) in [5.41, 5.74) is 0. The number of hydrogen-bond acceptors (Lipinski definition) is 2. The van der Waals surface area contributed by atoms with Crippen LogP contribution in [0.25, 0.3) is 0 Å². The summed E-state index contributed by atoms with van der Waals surface area (Å²) in [7, 11) is 0. The van der Waals surface area contributed by atoms with Crippen molar-refractivity contribution in [3.05, 3.63) is 0 Å². The first-order valence-electron chi connectivity index (χ1n) is 0.354. The van der Waals surface area contributed by atoms with E-state index in [0.29, 0.717) is 0 Å². The Balaban J connectivity index is -0.000000000833. The Labute approximate surface area is 64.3 Å². The van der Waals surface area contributed by atoms with Crippen LogP contribution in [-0.2, 0) is 21.1 Å². The van der Waals surface area contributed by atoms with E-state index in [4.69, 9.17) is 5.41 Å². The van der Waals surface area contributed by atoms with Crippen LogP contribution in [0.2, 0.25) is 0 Å². The standard InChI is InChI=1S/CH3N.2ClH.H3N.Pt/c1-2;;;;/h2H,1H2;2*1H;1H3;/q;;;;+2/p-2. The molecule has 44 valence electrons. The molecule has 0 aliphatic carbocycles. The van der Waals surface area contributed by atoms with Gasteiger partial charge in [0.25, 0.3) is 0 Å². The maximum atomic E-state index is 5.50. The predicted molar refractivity (Wildman–Crippen MR) is 14.9 cm³/mol. The third-order valence-electron chi connectivity index (χ3n) is 0. The quantitative estimate of drug-likeness (QED) is 0.431. The molecule has 0 bridgehead atoms. The van der Waals surface area contributed by atoms with Crippen molar-refractivity contribution in [2.75, 3.05) is 0 Å². The van der Waals surface area contributed by atoms with Gasteiger partial charge < -0.3 is 36.4 Å². The Morgan fingerprint density at radius 1 is 1.00 bits per heavy atom. The summed E-state index contributed by atoms with van der Waals surface area (Å²) in [6.07, 6.45) is 0. The summed E-state index contributed by atoms with van der Waals surface area (Å²) in [5.74, 6) is 0. The maximum Gasteiger partial charge on any atom is 2.00 e. The van der Waals surface area contributed by atoms with E-state index in [0.717, 1.165) is 0 Å². The molecule has 0 atom stereocenters. The Morgan fingerprint density at radius 2 is 1.00 bits per heavy atom. The molecular weight excluding hydrogens is 306 g/mol.